The van der Waals surface area contributed by atoms with Crippen LogP contribution in [0.4, 0.5) is 5.95 Å². The van der Waals surface area contributed by atoms with Crippen LogP contribution in [0, 0.1) is 0 Å². The molecule has 0 bridgehead atoms. The third-order valence-corrected chi connectivity index (χ3v) is 4.86. The number of hydrogen-bond acceptors (Lipinski definition) is 7. The fraction of sp³-hybridized carbons (Fsp3) is 0.333. The molecule has 0 fully saturated rings. The van der Waals surface area contributed by atoms with Crippen LogP contribution < -0.4 is 14.2 Å². The number of sulfonamides is 1. The summed E-state index contributed by atoms with van der Waals surface area (Å²) in [6, 6.07) is 4.51. The lowest BCUT2D eigenvalue weighted by molar-refractivity contribution is 0.392. The highest BCUT2D eigenvalue weighted by Crippen LogP contribution is 2.29. The Balaban J connectivity index is 2.41. The van der Waals surface area contributed by atoms with Crippen molar-refractivity contribution in [3.63, 3.8) is 0 Å². The fourth-order valence-corrected chi connectivity index (χ4v) is 3.37. The summed E-state index contributed by atoms with van der Waals surface area (Å²) in [5, 5.41) is 4.61. The standard InChI is InChI=1S/C12H16N4O4S2/c1-16-12(21-4)13-11(14-16)15-22(17,18)10-7-8(19-2)5-6-9(10)20-3/h5-7H,1-4H3,(H,14,15). The first-order valence-corrected chi connectivity index (χ1v) is 8.82. The Hall–Kier alpha value is -1.94. The van der Waals surface area contributed by atoms with E-state index in [-0.39, 0.29) is 16.6 Å². The van der Waals surface area contributed by atoms with Crippen molar-refractivity contribution in [1.29, 1.82) is 0 Å². The van der Waals surface area contributed by atoms with Crippen molar-refractivity contribution in [3.8, 4) is 11.5 Å². The summed E-state index contributed by atoms with van der Waals surface area (Å²) in [6.07, 6.45) is 1.83. The molecule has 1 N–H and O–H groups in total. The van der Waals surface area contributed by atoms with Gasteiger partial charge < -0.3 is 9.47 Å². The van der Waals surface area contributed by atoms with Gasteiger partial charge in [0.15, 0.2) is 5.16 Å². The SMILES string of the molecule is COc1ccc(OC)c(S(=O)(=O)Nc2nc(SC)n(C)n2)c1. The first-order valence-electron chi connectivity index (χ1n) is 6.11. The molecule has 0 aliphatic carbocycles. The molecule has 22 heavy (non-hydrogen) atoms. The molecular formula is C12H16N4O4S2. The second-order valence-corrected chi connectivity index (χ2v) is 6.59. The van der Waals surface area contributed by atoms with E-state index in [9.17, 15) is 8.42 Å². The van der Waals surface area contributed by atoms with Crippen LogP contribution in [0.25, 0.3) is 0 Å². The zero-order chi connectivity index (χ0) is 16.3. The van der Waals surface area contributed by atoms with E-state index in [0.717, 1.165) is 0 Å². The number of aryl methyl sites for hydroxylation is 1. The molecule has 0 unspecified atom stereocenters. The summed E-state index contributed by atoms with van der Waals surface area (Å²) in [6.45, 7) is 0. The van der Waals surface area contributed by atoms with Crippen molar-refractivity contribution in [2.75, 3.05) is 25.2 Å². The molecule has 1 heterocycles. The van der Waals surface area contributed by atoms with Crippen LogP contribution in [0.2, 0.25) is 0 Å². The number of hydrogen-bond donors (Lipinski definition) is 1. The molecule has 0 spiro atoms. The van der Waals surface area contributed by atoms with E-state index in [1.165, 1.54) is 42.8 Å². The van der Waals surface area contributed by atoms with E-state index in [0.29, 0.717) is 10.9 Å². The summed E-state index contributed by atoms with van der Waals surface area (Å²) >= 11 is 1.36. The second-order valence-electron chi connectivity index (χ2n) is 4.17. The van der Waals surface area contributed by atoms with Crippen LogP contribution in [0.3, 0.4) is 0 Å². The average Bonchev–Trinajstić information content (AvgIpc) is 2.85. The first kappa shape index (κ1) is 16.4. The van der Waals surface area contributed by atoms with Gasteiger partial charge in [0.25, 0.3) is 16.0 Å². The van der Waals surface area contributed by atoms with Gasteiger partial charge in [0.1, 0.15) is 16.4 Å². The van der Waals surface area contributed by atoms with Crippen molar-refractivity contribution in [1.82, 2.24) is 14.8 Å². The number of benzene rings is 1. The highest BCUT2D eigenvalue weighted by molar-refractivity contribution is 7.98. The summed E-state index contributed by atoms with van der Waals surface area (Å²) in [5.41, 5.74) is 0. The van der Waals surface area contributed by atoms with Gasteiger partial charge in [-0.3, -0.25) is 0 Å². The monoisotopic (exact) mass is 344 g/mol. The molecule has 2 rings (SSSR count). The van der Waals surface area contributed by atoms with Gasteiger partial charge in [-0.1, -0.05) is 11.8 Å². The minimum atomic E-state index is -3.90. The number of thioether (sulfide) groups is 1. The van der Waals surface area contributed by atoms with Crippen molar-refractivity contribution < 1.29 is 17.9 Å². The average molecular weight is 344 g/mol. The number of rotatable bonds is 6. The van der Waals surface area contributed by atoms with Gasteiger partial charge in [-0.15, -0.1) is 5.10 Å². The third-order valence-electron chi connectivity index (χ3n) is 2.79. The Morgan fingerprint density at radius 2 is 2.00 bits per heavy atom. The highest BCUT2D eigenvalue weighted by Gasteiger charge is 2.23. The zero-order valence-corrected chi connectivity index (χ0v) is 14.2. The van der Waals surface area contributed by atoms with E-state index < -0.39 is 10.0 Å². The van der Waals surface area contributed by atoms with E-state index in [1.807, 2.05) is 6.26 Å². The van der Waals surface area contributed by atoms with Crippen molar-refractivity contribution in [2.24, 2.45) is 7.05 Å². The molecule has 0 aliphatic rings. The van der Waals surface area contributed by atoms with Crippen LogP contribution in [0.15, 0.2) is 28.3 Å². The molecule has 120 valence electrons. The Morgan fingerprint density at radius 1 is 1.27 bits per heavy atom. The Kier molecular flexibility index (Phi) is 4.81. The van der Waals surface area contributed by atoms with Crippen molar-refractivity contribution in [2.45, 2.75) is 10.1 Å². The van der Waals surface area contributed by atoms with Crippen molar-refractivity contribution >= 4 is 27.7 Å². The molecule has 0 radical (unpaired) electrons. The van der Waals surface area contributed by atoms with Gasteiger partial charge in [0, 0.05) is 13.1 Å². The second kappa shape index (κ2) is 6.44. The lowest BCUT2D eigenvalue weighted by Crippen LogP contribution is -2.15. The van der Waals surface area contributed by atoms with Gasteiger partial charge in [-0.05, 0) is 18.4 Å². The largest absolute Gasteiger partial charge is 0.497 e. The van der Waals surface area contributed by atoms with E-state index >= 15 is 0 Å². The number of aromatic nitrogens is 3. The normalized spacial score (nSPS) is 11.3. The lowest BCUT2D eigenvalue weighted by Gasteiger charge is -2.11. The predicted octanol–water partition coefficient (Wildman–Crippen LogP) is 1.35. The maximum Gasteiger partial charge on any atom is 0.268 e. The topological polar surface area (TPSA) is 95.3 Å². The molecule has 0 saturated carbocycles. The van der Waals surface area contributed by atoms with Crippen molar-refractivity contribution in [3.05, 3.63) is 18.2 Å². The molecule has 1 aromatic heterocycles. The third kappa shape index (κ3) is 3.28. The number of nitrogens with one attached hydrogen (secondary N) is 1. The van der Waals surface area contributed by atoms with Crippen LogP contribution in [0.1, 0.15) is 0 Å². The highest BCUT2D eigenvalue weighted by atomic mass is 32.2. The van der Waals surface area contributed by atoms with E-state index in [4.69, 9.17) is 9.47 Å². The Bertz CT molecular complexity index is 773. The number of anilines is 1. The number of nitrogens with zero attached hydrogens (tertiary/aromatic N) is 3. The quantitative estimate of drug-likeness (QED) is 0.790. The molecule has 0 saturated heterocycles. The van der Waals surface area contributed by atoms with E-state index in [2.05, 4.69) is 14.8 Å². The number of methoxy groups -OCH3 is 2. The molecule has 10 heteroatoms. The lowest BCUT2D eigenvalue weighted by atomic mass is 10.3. The number of ether oxygens (including phenoxy) is 2. The molecule has 8 nitrogen and oxygen atoms in total. The van der Waals surface area contributed by atoms with E-state index in [1.54, 1.807) is 13.1 Å². The van der Waals surface area contributed by atoms with Crippen LogP contribution in [0.5, 0.6) is 11.5 Å². The summed E-state index contributed by atoms with van der Waals surface area (Å²) < 4.78 is 39.0. The summed E-state index contributed by atoms with van der Waals surface area (Å²) in [5.74, 6) is 0.603. The Labute approximate surface area is 132 Å². The molecule has 0 atom stereocenters. The molecule has 0 amide bonds. The van der Waals surface area contributed by atoms with Gasteiger partial charge in [-0.2, -0.15) is 4.98 Å². The minimum Gasteiger partial charge on any atom is -0.497 e. The smallest absolute Gasteiger partial charge is 0.268 e. The van der Waals surface area contributed by atoms with Gasteiger partial charge >= 0.3 is 0 Å². The van der Waals surface area contributed by atoms with Crippen LogP contribution in [-0.2, 0) is 17.1 Å². The van der Waals surface area contributed by atoms with Crippen LogP contribution in [-0.4, -0.2) is 43.7 Å². The zero-order valence-electron chi connectivity index (χ0n) is 12.5. The molecule has 2 aromatic rings. The van der Waals surface area contributed by atoms with Crippen LogP contribution >= 0.6 is 11.8 Å². The molecule has 1 aromatic carbocycles. The predicted molar refractivity (Wildman–Crippen MR) is 83.1 cm³/mol. The minimum absolute atomic E-state index is 0.00303. The first-order chi connectivity index (χ1) is 10.4. The summed E-state index contributed by atoms with van der Waals surface area (Å²) in [4.78, 5) is 4.04. The summed E-state index contributed by atoms with van der Waals surface area (Å²) in [7, 11) is 0.630. The maximum absolute atomic E-state index is 12.5. The van der Waals surface area contributed by atoms with Gasteiger partial charge in [-0.25, -0.2) is 17.8 Å². The molecule has 0 aliphatic heterocycles. The fourth-order valence-electron chi connectivity index (χ4n) is 1.76. The maximum atomic E-state index is 12.5. The molecular weight excluding hydrogens is 328 g/mol. The van der Waals surface area contributed by atoms with Gasteiger partial charge in [0.05, 0.1) is 14.2 Å². The Morgan fingerprint density at radius 3 is 2.55 bits per heavy atom. The van der Waals surface area contributed by atoms with Gasteiger partial charge in [0.2, 0.25) is 0 Å².